The molecule has 0 bridgehead atoms. The van der Waals surface area contributed by atoms with Crippen molar-refractivity contribution in [2.75, 3.05) is 31.5 Å². The van der Waals surface area contributed by atoms with Crippen LogP contribution in [0.5, 0.6) is 0 Å². The zero-order valence-corrected chi connectivity index (χ0v) is 15.6. The zero-order chi connectivity index (χ0) is 18.1. The third kappa shape index (κ3) is 5.89. The van der Waals surface area contributed by atoms with Gasteiger partial charge in [0.15, 0.2) is 0 Å². The van der Waals surface area contributed by atoms with Crippen LogP contribution < -0.4 is 5.32 Å². The number of benzene rings is 1. The molecule has 5 nitrogen and oxygen atoms in total. The first-order valence-corrected chi connectivity index (χ1v) is 9.35. The highest BCUT2D eigenvalue weighted by molar-refractivity contribution is 7.09. The van der Waals surface area contributed by atoms with Gasteiger partial charge in [0.1, 0.15) is 0 Å². The third-order valence-corrected chi connectivity index (χ3v) is 4.92. The summed E-state index contributed by atoms with van der Waals surface area (Å²) in [5.41, 5.74) is 1.28. The monoisotopic (exact) mass is 356 g/mol. The summed E-state index contributed by atoms with van der Waals surface area (Å²) in [5.74, 6) is 0. The van der Waals surface area contributed by atoms with E-state index in [4.69, 9.17) is 5.26 Å². The van der Waals surface area contributed by atoms with Crippen LogP contribution in [-0.2, 0) is 6.54 Å². The van der Waals surface area contributed by atoms with Crippen molar-refractivity contribution < 1.29 is 4.79 Å². The van der Waals surface area contributed by atoms with E-state index in [2.05, 4.69) is 30.1 Å². The molecule has 1 N–H and O–H groups in total. The van der Waals surface area contributed by atoms with E-state index in [1.54, 1.807) is 35.6 Å². The van der Waals surface area contributed by atoms with Gasteiger partial charge in [-0.05, 0) is 48.8 Å². The molecule has 2 rings (SSSR count). The van der Waals surface area contributed by atoms with Crippen molar-refractivity contribution in [3.8, 4) is 6.07 Å². The summed E-state index contributed by atoms with van der Waals surface area (Å²) in [6.07, 6.45) is 0. The lowest BCUT2D eigenvalue weighted by Gasteiger charge is -2.26. The fourth-order valence-electron chi connectivity index (χ4n) is 2.48. The van der Waals surface area contributed by atoms with Gasteiger partial charge in [0.05, 0.1) is 18.2 Å². The van der Waals surface area contributed by atoms with E-state index >= 15 is 0 Å². The minimum atomic E-state index is -0.120. The van der Waals surface area contributed by atoms with Crippen LogP contribution in [0.25, 0.3) is 0 Å². The number of carbonyl (C=O) groups is 1. The molecule has 0 aliphatic rings. The van der Waals surface area contributed by atoms with Crippen molar-refractivity contribution in [2.45, 2.75) is 20.4 Å². The van der Waals surface area contributed by atoms with E-state index in [0.717, 1.165) is 24.5 Å². The van der Waals surface area contributed by atoms with Gasteiger partial charge in [-0.15, -0.1) is 11.3 Å². The summed E-state index contributed by atoms with van der Waals surface area (Å²) < 4.78 is 0. The molecule has 0 aliphatic heterocycles. The quantitative estimate of drug-likeness (QED) is 0.778. The largest absolute Gasteiger partial charge is 0.322 e. The second-order valence-electron chi connectivity index (χ2n) is 5.65. The number of thiophene rings is 1. The minimum absolute atomic E-state index is 0.120. The fraction of sp³-hybridized carbons (Fsp3) is 0.368. The number of rotatable bonds is 8. The van der Waals surface area contributed by atoms with E-state index in [-0.39, 0.29) is 6.03 Å². The topological polar surface area (TPSA) is 59.4 Å². The molecule has 0 saturated heterocycles. The van der Waals surface area contributed by atoms with Crippen LogP contribution in [0.4, 0.5) is 10.5 Å². The molecule has 0 atom stereocenters. The first-order chi connectivity index (χ1) is 12.2. The average molecular weight is 356 g/mol. The Balaban J connectivity index is 2.03. The Morgan fingerprint density at radius 3 is 2.44 bits per heavy atom. The molecule has 0 unspecified atom stereocenters. The van der Waals surface area contributed by atoms with Gasteiger partial charge in [-0.1, -0.05) is 19.9 Å². The summed E-state index contributed by atoms with van der Waals surface area (Å²) in [5, 5.41) is 13.8. The molecule has 0 radical (unpaired) electrons. The molecule has 1 aromatic carbocycles. The fourth-order valence-corrected chi connectivity index (χ4v) is 3.20. The predicted molar refractivity (Wildman–Crippen MR) is 103 cm³/mol. The Labute approximate surface area is 153 Å². The van der Waals surface area contributed by atoms with Crippen molar-refractivity contribution in [1.82, 2.24) is 9.80 Å². The second kappa shape index (κ2) is 9.82. The Morgan fingerprint density at radius 1 is 1.16 bits per heavy atom. The van der Waals surface area contributed by atoms with E-state index in [1.165, 1.54) is 0 Å². The van der Waals surface area contributed by atoms with Crippen molar-refractivity contribution in [3.05, 3.63) is 52.2 Å². The van der Waals surface area contributed by atoms with Gasteiger partial charge in [0.25, 0.3) is 0 Å². The molecule has 2 aromatic rings. The first-order valence-electron chi connectivity index (χ1n) is 8.47. The SMILES string of the molecule is CCN(CC)CCN(Cc1cccs1)C(=O)Nc1ccc(C#N)cc1. The van der Waals surface area contributed by atoms with E-state index < -0.39 is 0 Å². The van der Waals surface area contributed by atoms with Gasteiger partial charge in [0.2, 0.25) is 0 Å². The summed E-state index contributed by atoms with van der Waals surface area (Å²) in [4.78, 5) is 18.0. The molecule has 0 spiro atoms. The minimum Gasteiger partial charge on any atom is -0.318 e. The Hall–Kier alpha value is -2.36. The van der Waals surface area contributed by atoms with Crippen molar-refractivity contribution in [3.63, 3.8) is 0 Å². The molecule has 0 saturated carbocycles. The summed E-state index contributed by atoms with van der Waals surface area (Å²) in [7, 11) is 0. The number of nitrogens with zero attached hydrogens (tertiary/aromatic N) is 3. The van der Waals surface area contributed by atoms with Crippen molar-refractivity contribution >= 4 is 23.1 Å². The number of urea groups is 1. The van der Waals surface area contributed by atoms with Crippen LogP contribution in [0.2, 0.25) is 0 Å². The number of likely N-dealkylation sites (N-methyl/N-ethyl adjacent to an activating group) is 1. The van der Waals surface area contributed by atoms with Gasteiger partial charge in [-0.3, -0.25) is 0 Å². The maximum atomic E-state index is 12.7. The van der Waals surface area contributed by atoms with Crippen molar-refractivity contribution in [1.29, 1.82) is 5.26 Å². The maximum absolute atomic E-state index is 12.7. The molecular formula is C19H24N4OS. The second-order valence-corrected chi connectivity index (χ2v) is 6.68. The highest BCUT2D eigenvalue weighted by atomic mass is 32.1. The van der Waals surface area contributed by atoms with Crippen molar-refractivity contribution in [2.24, 2.45) is 0 Å². The highest BCUT2D eigenvalue weighted by Gasteiger charge is 2.16. The van der Waals surface area contributed by atoms with Crippen LogP contribution in [0.15, 0.2) is 41.8 Å². The van der Waals surface area contributed by atoms with Crippen LogP contribution in [0.1, 0.15) is 24.3 Å². The lowest BCUT2D eigenvalue weighted by Crippen LogP contribution is -2.40. The highest BCUT2D eigenvalue weighted by Crippen LogP contribution is 2.14. The molecular weight excluding hydrogens is 332 g/mol. The van der Waals surface area contributed by atoms with Crippen LogP contribution in [0.3, 0.4) is 0 Å². The summed E-state index contributed by atoms with van der Waals surface area (Å²) in [6, 6.07) is 12.9. The number of nitriles is 1. The lowest BCUT2D eigenvalue weighted by molar-refractivity contribution is 0.195. The Kier molecular flexibility index (Phi) is 7.45. The molecule has 1 heterocycles. The average Bonchev–Trinajstić information content (AvgIpc) is 3.15. The van der Waals surface area contributed by atoms with Crippen LogP contribution >= 0.6 is 11.3 Å². The van der Waals surface area contributed by atoms with Gasteiger partial charge in [-0.25, -0.2) is 4.79 Å². The smallest absolute Gasteiger partial charge is 0.318 e. The van der Waals surface area contributed by atoms with Gasteiger partial charge in [0, 0.05) is 23.7 Å². The molecule has 0 fully saturated rings. The third-order valence-electron chi connectivity index (χ3n) is 4.06. The van der Waals surface area contributed by atoms with Gasteiger partial charge in [-0.2, -0.15) is 5.26 Å². The standard InChI is InChI=1S/C19H24N4OS/c1-3-22(4-2)11-12-23(15-18-6-5-13-25-18)19(24)21-17-9-7-16(14-20)8-10-17/h5-10,13H,3-4,11-12,15H2,1-2H3,(H,21,24). The zero-order valence-electron chi connectivity index (χ0n) is 14.7. The number of hydrogen-bond donors (Lipinski definition) is 1. The van der Waals surface area contributed by atoms with E-state index in [0.29, 0.717) is 24.3 Å². The molecule has 1 aromatic heterocycles. The van der Waals surface area contributed by atoms with Crippen LogP contribution in [-0.4, -0.2) is 42.0 Å². The number of nitrogens with one attached hydrogen (secondary N) is 1. The molecule has 0 aliphatic carbocycles. The molecule has 2 amide bonds. The number of anilines is 1. The summed E-state index contributed by atoms with van der Waals surface area (Å²) >= 11 is 1.65. The van der Waals surface area contributed by atoms with E-state index in [1.807, 2.05) is 22.4 Å². The molecule has 132 valence electrons. The Morgan fingerprint density at radius 2 is 1.88 bits per heavy atom. The number of amides is 2. The number of carbonyl (C=O) groups excluding carboxylic acids is 1. The summed E-state index contributed by atoms with van der Waals surface area (Å²) in [6.45, 7) is 8.32. The first kappa shape index (κ1) is 19.0. The van der Waals surface area contributed by atoms with Gasteiger partial charge >= 0.3 is 6.03 Å². The number of hydrogen-bond acceptors (Lipinski definition) is 4. The van der Waals surface area contributed by atoms with E-state index in [9.17, 15) is 4.79 Å². The molecule has 25 heavy (non-hydrogen) atoms. The maximum Gasteiger partial charge on any atom is 0.322 e. The Bertz CT molecular complexity index is 687. The molecule has 6 heteroatoms. The van der Waals surface area contributed by atoms with Gasteiger partial charge < -0.3 is 15.1 Å². The van der Waals surface area contributed by atoms with Crippen LogP contribution in [0, 0.1) is 11.3 Å². The lowest BCUT2D eigenvalue weighted by atomic mass is 10.2. The predicted octanol–water partition coefficient (Wildman–Crippen LogP) is 4.00. The normalized spacial score (nSPS) is 10.5.